The molecule has 1 atom stereocenters. The van der Waals surface area contributed by atoms with Gasteiger partial charge in [-0.05, 0) is 65.4 Å². The van der Waals surface area contributed by atoms with E-state index in [9.17, 15) is 27.6 Å². The Morgan fingerprint density at radius 3 is 2.31 bits per heavy atom. The number of hydrogen-bond acceptors (Lipinski definition) is 3. The smallest absolute Gasteiger partial charge is 0.417 e. The number of carbonyl (C=O) groups excluding carboxylic acids is 1. The first-order chi connectivity index (χ1) is 16.5. The van der Waals surface area contributed by atoms with Crippen LogP contribution in [0, 0.1) is 5.92 Å². The van der Waals surface area contributed by atoms with Crippen molar-refractivity contribution in [2.75, 3.05) is 0 Å². The lowest BCUT2D eigenvalue weighted by Crippen LogP contribution is -2.30. The largest absolute Gasteiger partial charge is 0.478 e. The molecule has 5 nitrogen and oxygen atoms in total. The van der Waals surface area contributed by atoms with Gasteiger partial charge in [-0.25, -0.2) is 4.79 Å². The fraction of sp³-hybridized carbons (Fsp3) is 0.269. The van der Waals surface area contributed by atoms with Gasteiger partial charge in [0.15, 0.2) is 5.78 Å². The Morgan fingerprint density at radius 1 is 1.06 bits per heavy atom. The number of benzene rings is 2. The summed E-state index contributed by atoms with van der Waals surface area (Å²) in [4.78, 5) is 37.2. The molecule has 0 radical (unpaired) electrons. The molecular weight excluding hydrogens is 483 g/mol. The minimum absolute atomic E-state index is 0.00199. The topological polar surface area (TPSA) is 76.4 Å². The molecule has 0 spiro atoms. The van der Waals surface area contributed by atoms with Crippen molar-refractivity contribution in [2.45, 2.75) is 37.9 Å². The molecule has 1 N–H and O–H groups in total. The fourth-order valence-corrected chi connectivity index (χ4v) is 4.24. The van der Waals surface area contributed by atoms with Crippen LogP contribution in [-0.2, 0) is 17.4 Å². The van der Waals surface area contributed by atoms with Gasteiger partial charge >= 0.3 is 12.1 Å². The zero-order chi connectivity index (χ0) is 25.3. The number of nitrogens with zero attached hydrogens (tertiary/aromatic N) is 1. The van der Waals surface area contributed by atoms with E-state index in [-0.39, 0.29) is 33.9 Å². The Balaban J connectivity index is 1.65. The van der Waals surface area contributed by atoms with Gasteiger partial charge in [0.05, 0.1) is 17.2 Å². The summed E-state index contributed by atoms with van der Waals surface area (Å²) in [5.41, 5.74) is -0.938. The zero-order valence-electron chi connectivity index (χ0n) is 18.4. The Bertz CT molecular complexity index is 1330. The molecule has 1 saturated carbocycles. The first kappa shape index (κ1) is 24.7. The summed E-state index contributed by atoms with van der Waals surface area (Å²) in [5.74, 6) is -1.00. The van der Waals surface area contributed by atoms with Crippen LogP contribution in [0.2, 0.25) is 5.02 Å². The maximum absolute atomic E-state index is 13.5. The quantitative estimate of drug-likeness (QED) is 0.406. The van der Waals surface area contributed by atoms with E-state index in [1.165, 1.54) is 29.0 Å². The van der Waals surface area contributed by atoms with Crippen LogP contribution >= 0.6 is 11.6 Å². The third kappa shape index (κ3) is 5.82. The van der Waals surface area contributed by atoms with E-state index < -0.39 is 29.3 Å². The Hall–Kier alpha value is -3.39. The van der Waals surface area contributed by atoms with Crippen molar-refractivity contribution in [3.05, 3.63) is 92.9 Å². The predicted molar refractivity (Wildman–Crippen MR) is 125 cm³/mol. The van der Waals surface area contributed by atoms with Crippen molar-refractivity contribution in [2.24, 2.45) is 5.92 Å². The van der Waals surface area contributed by atoms with E-state index in [2.05, 4.69) is 0 Å². The van der Waals surface area contributed by atoms with E-state index in [1.54, 1.807) is 12.1 Å². The second kappa shape index (κ2) is 9.70. The number of Topliss-reactive ketones (excluding diaryl/α,β-unsaturated/α-hetero) is 1. The number of hydrogen-bond donors (Lipinski definition) is 1. The summed E-state index contributed by atoms with van der Waals surface area (Å²) in [6.45, 7) is 0. The van der Waals surface area contributed by atoms with Gasteiger partial charge in [0.1, 0.15) is 0 Å². The standard InChI is InChI=1S/C26H21ClF3NO4/c27-19-7-8-21(26(28,29)30)20(14-19)18-9-10-31(24(33)13-18)22(11-15-1-2-15)23(32)12-16-3-5-17(6-4-16)25(34)35/h3-10,13-15,22H,1-2,11-12H2,(H,34,35). The average Bonchev–Trinajstić information content (AvgIpc) is 3.61. The highest BCUT2D eigenvalue weighted by Crippen LogP contribution is 2.39. The van der Waals surface area contributed by atoms with Crippen molar-refractivity contribution in [1.82, 2.24) is 4.57 Å². The summed E-state index contributed by atoms with van der Waals surface area (Å²) < 4.78 is 41.8. The summed E-state index contributed by atoms with van der Waals surface area (Å²) in [7, 11) is 0. The van der Waals surface area contributed by atoms with Gasteiger partial charge in [-0.3, -0.25) is 9.59 Å². The predicted octanol–water partition coefficient (Wildman–Crippen LogP) is 6.04. The molecule has 3 aromatic rings. The van der Waals surface area contributed by atoms with Gasteiger partial charge in [-0.15, -0.1) is 0 Å². The van der Waals surface area contributed by atoms with Gasteiger partial charge in [-0.1, -0.05) is 36.6 Å². The van der Waals surface area contributed by atoms with E-state index in [1.807, 2.05) is 0 Å². The molecule has 1 heterocycles. The lowest BCUT2D eigenvalue weighted by atomic mass is 9.97. The fourth-order valence-electron chi connectivity index (χ4n) is 4.07. The van der Waals surface area contributed by atoms with Crippen molar-refractivity contribution >= 4 is 23.4 Å². The molecule has 0 saturated heterocycles. The summed E-state index contributed by atoms with van der Waals surface area (Å²) >= 11 is 5.92. The van der Waals surface area contributed by atoms with E-state index in [4.69, 9.17) is 16.7 Å². The van der Waals surface area contributed by atoms with Crippen LogP contribution in [0.1, 0.15) is 46.8 Å². The monoisotopic (exact) mass is 503 g/mol. The summed E-state index contributed by atoms with van der Waals surface area (Å²) in [5, 5.41) is 9.14. The molecule has 1 aliphatic rings. The number of carbonyl (C=O) groups is 2. The van der Waals surface area contributed by atoms with Crippen LogP contribution in [0.3, 0.4) is 0 Å². The van der Waals surface area contributed by atoms with Crippen LogP contribution in [-0.4, -0.2) is 21.4 Å². The molecular formula is C26H21ClF3NO4. The highest BCUT2D eigenvalue weighted by atomic mass is 35.5. The summed E-state index contributed by atoms with van der Waals surface area (Å²) in [6.07, 6.45) is -0.927. The Morgan fingerprint density at radius 2 is 1.74 bits per heavy atom. The molecule has 1 aliphatic carbocycles. The van der Waals surface area contributed by atoms with Gasteiger partial charge < -0.3 is 9.67 Å². The number of aromatic carboxylic acids is 1. The van der Waals surface area contributed by atoms with Crippen molar-refractivity contribution < 1.29 is 27.9 Å². The molecule has 35 heavy (non-hydrogen) atoms. The molecule has 182 valence electrons. The third-order valence-electron chi connectivity index (χ3n) is 6.09. The molecule has 0 amide bonds. The molecule has 4 rings (SSSR count). The SMILES string of the molecule is O=C(O)c1ccc(CC(=O)C(CC2CC2)n2ccc(-c3cc(Cl)ccc3C(F)(F)F)cc2=O)cc1. The van der Waals surface area contributed by atoms with Crippen molar-refractivity contribution in [3.63, 3.8) is 0 Å². The van der Waals surface area contributed by atoms with E-state index in [0.29, 0.717) is 17.9 Å². The first-order valence-corrected chi connectivity index (χ1v) is 11.3. The van der Waals surface area contributed by atoms with Crippen LogP contribution in [0.15, 0.2) is 65.6 Å². The number of halogens is 4. The second-order valence-corrected chi connectivity index (χ2v) is 9.13. The highest BCUT2D eigenvalue weighted by molar-refractivity contribution is 6.30. The van der Waals surface area contributed by atoms with Gasteiger partial charge in [0.2, 0.25) is 0 Å². The number of ketones is 1. The number of rotatable bonds is 8. The van der Waals surface area contributed by atoms with Gasteiger partial charge in [0, 0.05) is 23.7 Å². The highest BCUT2D eigenvalue weighted by Gasteiger charge is 2.34. The lowest BCUT2D eigenvalue weighted by Gasteiger charge is -2.20. The average molecular weight is 504 g/mol. The molecule has 1 aromatic heterocycles. The molecule has 1 unspecified atom stereocenters. The normalized spacial score (nSPS) is 14.5. The minimum atomic E-state index is -4.63. The van der Waals surface area contributed by atoms with Crippen LogP contribution in [0.5, 0.6) is 0 Å². The Labute approximate surface area is 203 Å². The second-order valence-electron chi connectivity index (χ2n) is 8.69. The zero-order valence-corrected chi connectivity index (χ0v) is 19.1. The van der Waals surface area contributed by atoms with Gasteiger partial charge in [-0.2, -0.15) is 13.2 Å². The number of carboxylic acid groups (broad SMARTS) is 1. The third-order valence-corrected chi connectivity index (χ3v) is 6.32. The molecule has 2 aromatic carbocycles. The number of carboxylic acids is 1. The van der Waals surface area contributed by atoms with Crippen molar-refractivity contribution in [1.29, 1.82) is 0 Å². The summed E-state index contributed by atoms with van der Waals surface area (Å²) in [6, 6.07) is 10.8. The number of alkyl halides is 3. The van der Waals surface area contributed by atoms with Crippen molar-refractivity contribution in [3.8, 4) is 11.1 Å². The molecule has 0 bridgehead atoms. The lowest BCUT2D eigenvalue weighted by molar-refractivity contribution is -0.137. The number of aromatic nitrogens is 1. The van der Waals surface area contributed by atoms with Crippen LogP contribution in [0.25, 0.3) is 11.1 Å². The van der Waals surface area contributed by atoms with Gasteiger partial charge in [0.25, 0.3) is 5.56 Å². The molecule has 1 fully saturated rings. The Kier molecular flexibility index (Phi) is 6.85. The van der Waals surface area contributed by atoms with Crippen LogP contribution < -0.4 is 5.56 Å². The van der Waals surface area contributed by atoms with Crippen LogP contribution in [0.4, 0.5) is 13.2 Å². The maximum Gasteiger partial charge on any atom is 0.417 e. The first-order valence-electron chi connectivity index (χ1n) is 11.0. The molecule has 9 heteroatoms. The number of pyridine rings is 1. The maximum atomic E-state index is 13.5. The van der Waals surface area contributed by atoms with E-state index in [0.717, 1.165) is 37.1 Å². The van der Waals surface area contributed by atoms with E-state index >= 15 is 0 Å². The minimum Gasteiger partial charge on any atom is -0.478 e. The molecule has 0 aliphatic heterocycles.